The molecule has 0 spiro atoms. The molecule has 2 aliphatic rings. The molecule has 35 heavy (non-hydrogen) atoms. The van der Waals surface area contributed by atoms with Crippen LogP contribution < -0.4 is 16.0 Å². The number of rotatable bonds is 8. The summed E-state index contributed by atoms with van der Waals surface area (Å²) in [6.07, 6.45) is 7.99. The molecule has 3 N–H and O–H groups in total. The van der Waals surface area contributed by atoms with E-state index in [0.717, 1.165) is 30.6 Å². The van der Waals surface area contributed by atoms with Gasteiger partial charge in [-0.3, -0.25) is 14.6 Å². The summed E-state index contributed by atoms with van der Waals surface area (Å²) in [6, 6.07) is 6.26. The molecule has 3 aromatic heterocycles. The lowest BCUT2D eigenvalue weighted by molar-refractivity contribution is -0.131. The van der Waals surface area contributed by atoms with E-state index in [1.807, 2.05) is 12.1 Å². The van der Waals surface area contributed by atoms with Crippen LogP contribution in [0.1, 0.15) is 49.1 Å². The first-order valence-electron chi connectivity index (χ1n) is 11.7. The van der Waals surface area contributed by atoms with Crippen LogP contribution in [0.4, 0.5) is 10.2 Å². The minimum atomic E-state index is -0.470. The van der Waals surface area contributed by atoms with Gasteiger partial charge < -0.3 is 16.0 Å². The van der Waals surface area contributed by atoms with Crippen molar-refractivity contribution in [2.24, 2.45) is 0 Å². The number of pyridine rings is 1. The summed E-state index contributed by atoms with van der Waals surface area (Å²) in [7, 11) is 0. The third-order valence-electron chi connectivity index (χ3n) is 6.60. The molecule has 5 rings (SSSR count). The molecule has 3 aromatic rings. The van der Waals surface area contributed by atoms with Crippen molar-refractivity contribution >= 4 is 29.0 Å². The zero-order valence-corrected chi connectivity index (χ0v) is 19.9. The summed E-state index contributed by atoms with van der Waals surface area (Å²) in [5.41, 5.74) is 0.823. The summed E-state index contributed by atoms with van der Waals surface area (Å²) in [6.45, 7) is 0.875. The van der Waals surface area contributed by atoms with Gasteiger partial charge >= 0.3 is 0 Å². The summed E-state index contributed by atoms with van der Waals surface area (Å²) < 4.78 is 14.3. The first-order chi connectivity index (χ1) is 17.0. The summed E-state index contributed by atoms with van der Waals surface area (Å²) in [5.74, 6) is 0.0717. The highest BCUT2D eigenvalue weighted by Gasteiger charge is 2.41. The first kappa shape index (κ1) is 23.3. The van der Waals surface area contributed by atoms with Crippen molar-refractivity contribution in [1.29, 1.82) is 0 Å². The van der Waals surface area contributed by atoms with E-state index < -0.39 is 6.04 Å². The highest BCUT2D eigenvalue weighted by Crippen LogP contribution is 2.43. The predicted octanol–water partition coefficient (Wildman–Crippen LogP) is 2.95. The van der Waals surface area contributed by atoms with Gasteiger partial charge in [-0.2, -0.15) is 0 Å². The molecule has 4 heterocycles. The molecular formula is C24H26FN7O2S. The molecule has 1 aliphatic carbocycles. The normalized spacial score (nSPS) is 18.9. The Morgan fingerprint density at radius 3 is 2.80 bits per heavy atom. The second-order valence-corrected chi connectivity index (χ2v) is 10.1. The SMILES string of the molecule is O=C1CCC[C@H](C(=O)NCc2cnc(-c3ccc(NCC4(c5ncccc5F)CCC4)nn3)s2)N1. The number of aromatic nitrogens is 4. The number of halogens is 1. The summed E-state index contributed by atoms with van der Waals surface area (Å²) in [4.78, 5) is 33.4. The lowest BCUT2D eigenvalue weighted by Crippen LogP contribution is -2.48. The third kappa shape index (κ3) is 5.14. The Morgan fingerprint density at radius 1 is 1.20 bits per heavy atom. The van der Waals surface area contributed by atoms with Crippen molar-refractivity contribution in [2.75, 3.05) is 11.9 Å². The van der Waals surface area contributed by atoms with Gasteiger partial charge in [0.25, 0.3) is 0 Å². The van der Waals surface area contributed by atoms with Gasteiger partial charge in [0.1, 0.15) is 28.4 Å². The van der Waals surface area contributed by atoms with E-state index in [4.69, 9.17) is 0 Å². The maximum absolute atomic E-state index is 14.3. The summed E-state index contributed by atoms with van der Waals surface area (Å²) >= 11 is 1.42. The van der Waals surface area contributed by atoms with Gasteiger partial charge in [0.2, 0.25) is 11.8 Å². The van der Waals surface area contributed by atoms with E-state index in [1.165, 1.54) is 17.4 Å². The average Bonchev–Trinajstić information content (AvgIpc) is 3.32. The number of nitrogens with one attached hydrogen (secondary N) is 3. The monoisotopic (exact) mass is 495 g/mol. The highest BCUT2D eigenvalue weighted by molar-refractivity contribution is 7.15. The number of hydrogen-bond acceptors (Lipinski definition) is 8. The van der Waals surface area contributed by atoms with Crippen molar-refractivity contribution in [3.05, 3.63) is 53.0 Å². The van der Waals surface area contributed by atoms with Gasteiger partial charge in [0, 0.05) is 35.7 Å². The molecule has 182 valence electrons. The van der Waals surface area contributed by atoms with Gasteiger partial charge in [-0.05, 0) is 49.9 Å². The molecule has 1 aliphatic heterocycles. The fraction of sp³-hybridized carbons (Fsp3) is 0.417. The van der Waals surface area contributed by atoms with E-state index in [9.17, 15) is 14.0 Å². The molecule has 0 unspecified atom stereocenters. The molecule has 0 bridgehead atoms. The minimum absolute atomic E-state index is 0.0836. The van der Waals surface area contributed by atoms with Crippen LogP contribution in [0.15, 0.2) is 36.7 Å². The van der Waals surface area contributed by atoms with Gasteiger partial charge in [-0.15, -0.1) is 21.5 Å². The van der Waals surface area contributed by atoms with Crippen molar-refractivity contribution < 1.29 is 14.0 Å². The molecule has 2 amide bonds. The van der Waals surface area contributed by atoms with Crippen LogP contribution in [0.5, 0.6) is 0 Å². The average molecular weight is 496 g/mol. The maximum atomic E-state index is 14.3. The molecule has 1 saturated carbocycles. The van der Waals surface area contributed by atoms with Crippen molar-refractivity contribution in [2.45, 2.75) is 56.5 Å². The number of anilines is 1. The van der Waals surface area contributed by atoms with E-state index in [2.05, 4.69) is 36.1 Å². The number of piperidine rings is 1. The number of amides is 2. The minimum Gasteiger partial charge on any atom is -0.368 e. The molecule has 9 nitrogen and oxygen atoms in total. The molecule has 0 aromatic carbocycles. The number of carbonyl (C=O) groups excluding carboxylic acids is 2. The van der Waals surface area contributed by atoms with Crippen LogP contribution in [0.25, 0.3) is 10.7 Å². The van der Waals surface area contributed by atoms with Gasteiger partial charge in [-0.1, -0.05) is 6.42 Å². The Bertz CT molecular complexity index is 1210. The highest BCUT2D eigenvalue weighted by atomic mass is 32.1. The number of carbonyl (C=O) groups is 2. The lowest BCUT2D eigenvalue weighted by atomic mass is 9.66. The standard InChI is InChI=1S/C24H26FN7O2S/c25-16-4-2-11-26-21(16)24(9-3-10-24)14-29-19-8-7-18(31-32-19)23-28-13-15(35-23)12-27-22(34)17-5-1-6-20(33)30-17/h2,4,7-8,11,13,17H,1,3,5-6,9-10,12,14H2,(H,27,34)(H,29,32)(H,30,33)/t17-/m1/s1. The Hall–Kier alpha value is -3.47. The van der Waals surface area contributed by atoms with Crippen LogP contribution in [-0.2, 0) is 21.5 Å². The second-order valence-electron chi connectivity index (χ2n) is 8.99. The van der Waals surface area contributed by atoms with Crippen LogP contribution in [-0.4, -0.2) is 44.6 Å². The lowest BCUT2D eigenvalue weighted by Gasteiger charge is -2.41. The van der Waals surface area contributed by atoms with E-state index in [1.54, 1.807) is 18.5 Å². The van der Waals surface area contributed by atoms with Gasteiger partial charge in [0.15, 0.2) is 0 Å². The van der Waals surface area contributed by atoms with E-state index in [-0.39, 0.29) is 23.0 Å². The van der Waals surface area contributed by atoms with Gasteiger partial charge in [0.05, 0.1) is 12.2 Å². The summed E-state index contributed by atoms with van der Waals surface area (Å²) in [5, 5.41) is 18.1. The number of hydrogen-bond donors (Lipinski definition) is 3. The van der Waals surface area contributed by atoms with Gasteiger partial charge in [-0.25, -0.2) is 9.37 Å². The quantitative estimate of drug-likeness (QED) is 0.439. The Kier molecular flexibility index (Phi) is 6.67. The van der Waals surface area contributed by atoms with Crippen LogP contribution in [0, 0.1) is 5.82 Å². The molecule has 1 atom stereocenters. The third-order valence-corrected chi connectivity index (χ3v) is 7.62. The molecule has 0 radical (unpaired) electrons. The first-order valence-corrected chi connectivity index (χ1v) is 12.5. The number of nitrogens with zero attached hydrogens (tertiary/aromatic N) is 4. The Balaban J connectivity index is 1.16. The second kappa shape index (κ2) is 10.0. The van der Waals surface area contributed by atoms with Crippen molar-refractivity contribution in [1.82, 2.24) is 30.8 Å². The smallest absolute Gasteiger partial charge is 0.242 e. The van der Waals surface area contributed by atoms with Crippen LogP contribution in [0.2, 0.25) is 0 Å². The van der Waals surface area contributed by atoms with Crippen LogP contribution in [0.3, 0.4) is 0 Å². The Labute approximate surface area is 206 Å². The Morgan fingerprint density at radius 2 is 2.09 bits per heavy atom. The zero-order valence-electron chi connectivity index (χ0n) is 19.1. The molecular weight excluding hydrogens is 469 g/mol. The van der Waals surface area contributed by atoms with E-state index >= 15 is 0 Å². The number of thiazole rings is 1. The zero-order chi connectivity index (χ0) is 24.3. The molecule has 1 saturated heterocycles. The van der Waals surface area contributed by atoms with Crippen molar-refractivity contribution in [3.63, 3.8) is 0 Å². The largest absolute Gasteiger partial charge is 0.368 e. The van der Waals surface area contributed by atoms with E-state index in [0.29, 0.717) is 48.1 Å². The molecule has 2 fully saturated rings. The fourth-order valence-electron chi connectivity index (χ4n) is 4.48. The molecule has 11 heteroatoms. The maximum Gasteiger partial charge on any atom is 0.242 e. The predicted molar refractivity (Wildman–Crippen MR) is 129 cm³/mol. The fourth-order valence-corrected chi connectivity index (χ4v) is 5.30. The van der Waals surface area contributed by atoms with Crippen molar-refractivity contribution in [3.8, 4) is 10.7 Å². The topological polar surface area (TPSA) is 122 Å². The van der Waals surface area contributed by atoms with Crippen LogP contribution >= 0.6 is 11.3 Å².